The van der Waals surface area contributed by atoms with Gasteiger partial charge in [-0.25, -0.2) is 18.6 Å². The minimum absolute atomic E-state index is 0.0580. The molecule has 1 heterocycles. The van der Waals surface area contributed by atoms with Crippen molar-refractivity contribution < 1.29 is 37.0 Å². The molecular weight excluding hydrogens is 313 g/mol. The summed E-state index contributed by atoms with van der Waals surface area (Å²) in [6.45, 7) is -1.12. The van der Waals surface area contributed by atoms with Crippen LogP contribution in [0.25, 0.3) is 0 Å². The second kappa shape index (κ2) is 5.79. The van der Waals surface area contributed by atoms with Crippen molar-refractivity contribution in [2.45, 2.75) is 38.5 Å². The number of aromatic carboxylic acids is 1. The zero-order valence-corrected chi connectivity index (χ0v) is 11.1. The summed E-state index contributed by atoms with van der Waals surface area (Å²) in [7, 11) is 0. The first-order chi connectivity index (χ1) is 10.2. The predicted octanol–water partition coefficient (Wildman–Crippen LogP) is 3.18. The zero-order chi connectivity index (χ0) is 16.7. The Bertz CT molecular complexity index is 596. The molecule has 1 aromatic rings. The summed E-state index contributed by atoms with van der Waals surface area (Å²) in [5, 5.41) is 18.3. The molecule has 0 aliphatic heterocycles. The fraction of sp³-hybridized carbons (Fsp3) is 0.538. The average Bonchev–Trinajstić information content (AvgIpc) is 3.19. The van der Waals surface area contributed by atoms with Gasteiger partial charge in [-0.2, -0.15) is 13.2 Å². The average molecular weight is 325 g/mol. The molecule has 0 radical (unpaired) electrons. The zero-order valence-electron chi connectivity index (χ0n) is 11.1. The van der Waals surface area contributed by atoms with E-state index in [2.05, 4.69) is 4.98 Å². The fourth-order valence-electron chi connectivity index (χ4n) is 2.33. The first-order valence-corrected chi connectivity index (χ1v) is 6.42. The van der Waals surface area contributed by atoms with Gasteiger partial charge in [0.1, 0.15) is 5.69 Å². The molecule has 0 unspecified atom stereocenters. The number of aliphatic hydroxyl groups is 1. The Hall–Kier alpha value is -1.77. The van der Waals surface area contributed by atoms with Gasteiger partial charge in [0.15, 0.2) is 5.69 Å². The van der Waals surface area contributed by atoms with Crippen LogP contribution in [-0.2, 0) is 19.2 Å². The van der Waals surface area contributed by atoms with Gasteiger partial charge >= 0.3 is 12.1 Å². The third-order valence-corrected chi connectivity index (χ3v) is 3.48. The molecule has 1 fully saturated rings. The van der Waals surface area contributed by atoms with Gasteiger partial charge in [-0.1, -0.05) is 0 Å². The van der Waals surface area contributed by atoms with Crippen LogP contribution < -0.4 is 0 Å². The van der Waals surface area contributed by atoms with Crippen molar-refractivity contribution in [2.24, 2.45) is 5.92 Å². The topological polar surface area (TPSA) is 70.4 Å². The highest BCUT2D eigenvalue weighted by Gasteiger charge is 2.41. The van der Waals surface area contributed by atoms with Crippen molar-refractivity contribution >= 4 is 5.97 Å². The number of nitrogens with zero attached hydrogens (tertiary/aromatic N) is 1. The summed E-state index contributed by atoms with van der Waals surface area (Å²) in [6, 6.07) is 0. The van der Waals surface area contributed by atoms with Crippen LogP contribution in [0.3, 0.4) is 0 Å². The number of carboxylic acids is 1. The van der Waals surface area contributed by atoms with Crippen LogP contribution >= 0.6 is 0 Å². The molecule has 0 atom stereocenters. The molecule has 122 valence electrons. The number of carboxylic acid groups (broad SMARTS) is 1. The molecule has 1 aliphatic carbocycles. The number of carbonyl (C=O) groups is 1. The van der Waals surface area contributed by atoms with Crippen molar-refractivity contribution in [1.82, 2.24) is 4.98 Å². The minimum atomic E-state index is -5.06. The van der Waals surface area contributed by atoms with Gasteiger partial charge < -0.3 is 10.2 Å². The van der Waals surface area contributed by atoms with E-state index in [1.807, 2.05) is 0 Å². The van der Waals surface area contributed by atoms with Crippen molar-refractivity contribution in [2.75, 3.05) is 0 Å². The highest BCUT2D eigenvalue weighted by atomic mass is 19.4. The SMILES string of the molecule is O=C(O)c1c(C(F)F)nc(C(F)(F)F)c(CO)c1CC1CC1. The number of rotatable bonds is 5. The lowest BCUT2D eigenvalue weighted by atomic mass is 9.93. The molecule has 0 bridgehead atoms. The predicted molar refractivity (Wildman–Crippen MR) is 63.5 cm³/mol. The highest BCUT2D eigenvalue weighted by Crippen LogP contribution is 2.40. The smallest absolute Gasteiger partial charge is 0.433 e. The van der Waals surface area contributed by atoms with Crippen molar-refractivity contribution in [3.05, 3.63) is 28.1 Å². The van der Waals surface area contributed by atoms with Crippen molar-refractivity contribution in [1.29, 1.82) is 0 Å². The number of aromatic nitrogens is 1. The van der Waals surface area contributed by atoms with Crippen LogP contribution in [-0.4, -0.2) is 21.2 Å². The molecule has 1 aromatic heterocycles. The standard InChI is InChI=1S/C13H12F5NO3/c14-11(15)9-8(12(21)22)6(3-5-1-2-5)7(4-20)10(19-9)13(16,17)18/h5,11,20H,1-4H2,(H,21,22). The van der Waals surface area contributed by atoms with Crippen molar-refractivity contribution in [3.63, 3.8) is 0 Å². The first-order valence-electron chi connectivity index (χ1n) is 6.42. The maximum absolute atomic E-state index is 13.0. The van der Waals surface area contributed by atoms with Crippen LogP contribution in [0.15, 0.2) is 0 Å². The molecule has 22 heavy (non-hydrogen) atoms. The van der Waals surface area contributed by atoms with Gasteiger partial charge in [-0.15, -0.1) is 0 Å². The lowest BCUT2D eigenvalue weighted by Gasteiger charge is -2.19. The Morgan fingerprint density at radius 3 is 2.23 bits per heavy atom. The monoisotopic (exact) mass is 325 g/mol. The number of alkyl halides is 5. The molecule has 2 rings (SSSR count). The summed E-state index contributed by atoms with van der Waals surface area (Å²) in [4.78, 5) is 14.0. The molecule has 0 aromatic carbocycles. The Balaban J connectivity index is 2.77. The molecule has 1 saturated carbocycles. The van der Waals surface area contributed by atoms with E-state index in [-0.39, 0.29) is 12.3 Å². The number of halogens is 5. The van der Waals surface area contributed by atoms with Gasteiger partial charge in [0.05, 0.1) is 12.2 Å². The van der Waals surface area contributed by atoms with Gasteiger partial charge in [-0.05, 0) is 30.7 Å². The van der Waals surface area contributed by atoms with E-state index in [9.17, 15) is 31.9 Å². The van der Waals surface area contributed by atoms with Crippen LogP contribution in [0.4, 0.5) is 22.0 Å². The van der Waals surface area contributed by atoms with Crippen LogP contribution in [0.1, 0.15) is 52.1 Å². The number of hydrogen-bond acceptors (Lipinski definition) is 3. The second-order valence-electron chi connectivity index (χ2n) is 5.09. The minimum Gasteiger partial charge on any atom is -0.478 e. The first kappa shape index (κ1) is 16.6. The summed E-state index contributed by atoms with van der Waals surface area (Å²) in [5.74, 6) is -1.83. The fourth-order valence-corrected chi connectivity index (χ4v) is 2.33. The summed E-state index contributed by atoms with van der Waals surface area (Å²) in [6.07, 6.45) is -7.26. The Morgan fingerprint density at radius 2 is 1.86 bits per heavy atom. The second-order valence-corrected chi connectivity index (χ2v) is 5.09. The maximum Gasteiger partial charge on any atom is 0.433 e. The van der Waals surface area contributed by atoms with E-state index in [1.165, 1.54) is 0 Å². The van der Waals surface area contributed by atoms with E-state index in [4.69, 9.17) is 5.11 Å². The molecular formula is C13H12F5NO3. The van der Waals surface area contributed by atoms with E-state index in [0.29, 0.717) is 12.8 Å². The molecule has 0 spiro atoms. The summed E-state index contributed by atoms with van der Waals surface area (Å²) < 4.78 is 64.9. The Morgan fingerprint density at radius 1 is 1.27 bits per heavy atom. The van der Waals surface area contributed by atoms with Gasteiger partial charge in [0.25, 0.3) is 6.43 Å². The number of hydrogen-bond donors (Lipinski definition) is 2. The maximum atomic E-state index is 13.0. The van der Waals surface area contributed by atoms with Gasteiger partial charge in [0, 0.05) is 5.56 Å². The third kappa shape index (κ3) is 3.18. The van der Waals surface area contributed by atoms with Gasteiger partial charge in [0.2, 0.25) is 0 Å². The molecule has 2 N–H and O–H groups in total. The number of pyridine rings is 1. The quantitative estimate of drug-likeness (QED) is 0.816. The summed E-state index contributed by atoms with van der Waals surface area (Å²) in [5.41, 5.74) is -5.12. The van der Waals surface area contributed by atoms with E-state index in [1.54, 1.807) is 0 Å². The molecule has 9 heteroatoms. The largest absolute Gasteiger partial charge is 0.478 e. The molecule has 4 nitrogen and oxygen atoms in total. The van der Waals surface area contributed by atoms with Crippen LogP contribution in [0.2, 0.25) is 0 Å². The lowest BCUT2D eigenvalue weighted by Crippen LogP contribution is -2.21. The third-order valence-electron chi connectivity index (χ3n) is 3.48. The Kier molecular flexibility index (Phi) is 4.37. The van der Waals surface area contributed by atoms with E-state index in [0.717, 1.165) is 0 Å². The molecule has 1 aliphatic rings. The Labute approximate surface area is 121 Å². The lowest BCUT2D eigenvalue weighted by molar-refractivity contribution is -0.142. The van der Waals surface area contributed by atoms with E-state index < -0.39 is 53.3 Å². The summed E-state index contributed by atoms with van der Waals surface area (Å²) >= 11 is 0. The highest BCUT2D eigenvalue weighted by molar-refractivity contribution is 5.91. The molecule has 0 saturated heterocycles. The van der Waals surface area contributed by atoms with E-state index >= 15 is 0 Å². The normalized spacial score (nSPS) is 15.4. The van der Waals surface area contributed by atoms with Crippen molar-refractivity contribution in [3.8, 4) is 0 Å². The van der Waals surface area contributed by atoms with Crippen LogP contribution in [0.5, 0.6) is 0 Å². The van der Waals surface area contributed by atoms with Gasteiger partial charge in [-0.3, -0.25) is 0 Å². The van der Waals surface area contributed by atoms with Crippen LogP contribution in [0, 0.1) is 5.92 Å². The number of aliphatic hydroxyl groups excluding tert-OH is 1. The molecule has 0 amide bonds.